The van der Waals surface area contributed by atoms with E-state index < -0.39 is 0 Å². The van der Waals surface area contributed by atoms with Crippen molar-refractivity contribution in [1.82, 2.24) is 9.78 Å². The van der Waals surface area contributed by atoms with E-state index in [1.165, 1.54) is 4.68 Å². The Morgan fingerprint density at radius 2 is 2.00 bits per heavy atom. The lowest BCUT2D eigenvalue weighted by molar-refractivity contribution is 0.742. The molecule has 15 heavy (non-hydrogen) atoms. The number of aryl methyl sites for hydroxylation is 1. The maximum absolute atomic E-state index is 11.7. The quantitative estimate of drug-likeness (QED) is 0.791. The summed E-state index contributed by atoms with van der Waals surface area (Å²) in [6.45, 7) is 3.66. The summed E-state index contributed by atoms with van der Waals surface area (Å²) in [6.07, 6.45) is 1.58. The van der Waals surface area contributed by atoms with Gasteiger partial charge in [-0.25, -0.2) is 0 Å². The number of aromatic nitrogens is 2. The van der Waals surface area contributed by atoms with Crippen LogP contribution < -0.4 is 5.56 Å². The van der Waals surface area contributed by atoms with E-state index in [1.807, 2.05) is 30.3 Å². The average Bonchev–Trinajstić information content (AvgIpc) is 2.56. The van der Waals surface area contributed by atoms with Crippen LogP contribution >= 0.6 is 0 Å². The summed E-state index contributed by atoms with van der Waals surface area (Å²) < 4.78 is 1.46. The zero-order valence-corrected chi connectivity index (χ0v) is 8.53. The minimum absolute atomic E-state index is 0.0520. The topological polar surface area (TPSA) is 37.8 Å². The van der Waals surface area contributed by atoms with Gasteiger partial charge in [0.1, 0.15) is 0 Å². The zero-order valence-electron chi connectivity index (χ0n) is 8.53. The van der Waals surface area contributed by atoms with Crippen LogP contribution in [0.15, 0.2) is 41.7 Å². The molecule has 1 N–H and O–H groups in total. The minimum Gasteiger partial charge on any atom is -0.295 e. The summed E-state index contributed by atoms with van der Waals surface area (Å²) in [4.78, 5) is 11.7. The first-order chi connectivity index (χ1) is 7.24. The molecule has 2 rings (SSSR count). The van der Waals surface area contributed by atoms with Gasteiger partial charge in [-0.3, -0.25) is 14.6 Å². The molecule has 0 unspecified atom stereocenters. The lowest BCUT2D eigenvalue weighted by Crippen LogP contribution is -2.13. The van der Waals surface area contributed by atoms with Crippen molar-refractivity contribution >= 4 is 6.08 Å². The van der Waals surface area contributed by atoms with Crippen molar-refractivity contribution in [2.45, 2.75) is 0 Å². The molecule has 0 atom stereocenters. The molecule has 3 heteroatoms. The Morgan fingerprint density at radius 1 is 1.33 bits per heavy atom. The summed E-state index contributed by atoms with van der Waals surface area (Å²) in [5, 5.41) is 3.01. The minimum atomic E-state index is -0.0520. The van der Waals surface area contributed by atoms with Crippen molar-refractivity contribution in [2.75, 3.05) is 0 Å². The summed E-state index contributed by atoms with van der Waals surface area (Å²) in [5.41, 5.74) is 2.37. The second-order valence-electron chi connectivity index (χ2n) is 3.33. The number of nitrogens with one attached hydrogen (secondary N) is 1. The van der Waals surface area contributed by atoms with E-state index in [9.17, 15) is 4.79 Å². The first-order valence-corrected chi connectivity index (χ1v) is 4.71. The second-order valence-corrected chi connectivity index (χ2v) is 3.33. The molecule has 1 aromatic heterocycles. The van der Waals surface area contributed by atoms with Crippen LogP contribution in [-0.4, -0.2) is 9.78 Å². The number of benzene rings is 1. The Kier molecular flexibility index (Phi) is 2.29. The van der Waals surface area contributed by atoms with Crippen LogP contribution in [0.25, 0.3) is 17.3 Å². The van der Waals surface area contributed by atoms with Crippen molar-refractivity contribution in [3.63, 3.8) is 0 Å². The third kappa shape index (κ3) is 1.52. The Balaban J connectivity index is 2.69. The number of hydrogen-bond acceptors (Lipinski definition) is 1. The maximum Gasteiger partial charge on any atom is 0.274 e. The smallest absolute Gasteiger partial charge is 0.274 e. The van der Waals surface area contributed by atoms with Gasteiger partial charge in [0.2, 0.25) is 0 Å². The maximum atomic E-state index is 11.7. The van der Waals surface area contributed by atoms with Crippen molar-refractivity contribution in [3.8, 4) is 11.3 Å². The molecule has 0 aliphatic heterocycles. The molecule has 0 aliphatic carbocycles. The zero-order chi connectivity index (χ0) is 10.8. The van der Waals surface area contributed by atoms with Gasteiger partial charge in [0.05, 0.1) is 11.3 Å². The molecule has 0 fully saturated rings. The van der Waals surface area contributed by atoms with Crippen LogP contribution in [-0.2, 0) is 7.05 Å². The number of H-pyrrole nitrogens is 1. The van der Waals surface area contributed by atoms with Crippen LogP contribution in [0.5, 0.6) is 0 Å². The fourth-order valence-corrected chi connectivity index (χ4v) is 1.58. The van der Waals surface area contributed by atoms with Gasteiger partial charge in [0.25, 0.3) is 5.56 Å². The molecular formula is C12H12N2O. The van der Waals surface area contributed by atoms with Crippen LogP contribution in [0.4, 0.5) is 0 Å². The molecule has 76 valence electrons. The fourth-order valence-electron chi connectivity index (χ4n) is 1.58. The Hall–Kier alpha value is -2.03. The molecule has 0 saturated carbocycles. The van der Waals surface area contributed by atoms with Crippen LogP contribution in [0.2, 0.25) is 0 Å². The molecule has 0 spiro atoms. The summed E-state index contributed by atoms with van der Waals surface area (Å²) >= 11 is 0. The number of rotatable bonds is 2. The highest BCUT2D eigenvalue weighted by molar-refractivity contribution is 5.70. The van der Waals surface area contributed by atoms with E-state index in [2.05, 4.69) is 11.7 Å². The molecule has 1 heterocycles. The molecular weight excluding hydrogens is 188 g/mol. The first kappa shape index (κ1) is 9.52. The first-order valence-electron chi connectivity index (χ1n) is 4.71. The summed E-state index contributed by atoms with van der Waals surface area (Å²) in [5.74, 6) is 0. The number of hydrogen-bond donors (Lipinski definition) is 1. The van der Waals surface area contributed by atoms with Crippen molar-refractivity contribution in [2.24, 2.45) is 7.05 Å². The Morgan fingerprint density at radius 3 is 2.60 bits per heavy atom. The van der Waals surface area contributed by atoms with Crippen LogP contribution in [0.3, 0.4) is 0 Å². The Labute approximate surface area is 87.7 Å². The van der Waals surface area contributed by atoms with Crippen LogP contribution in [0.1, 0.15) is 5.56 Å². The van der Waals surface area contributed by atoms with E-state index in [0.29, 0.717) is 5.56 Å². The van der Waals surface area contributed by atoms with Gasteiger partial charge in [0, 0.05) is 12.6 Å². The van der Waals surface area contributed by atoms with Gasteiger partial charge in [-0.05, 0) is 0 Å². The van der Waals surface area contributed by atoms with E-state index in [1.54, 1.807) is 13.1 Å². The van der Waals surface area contributed by atoms with E-state index in [4.69, 9.17) is 0 Å². The lowest BCUT2D eigenvalue weighted by atomic mass is 10.1. The standard InChI is InChI=1S/C12H12N2O/c1-3-10-11(13-14(2)12(10)15)9-7-5-4-6-8-9/h3-8,13H,1H2,2H3. The van der Waals surface area contributed by atoms with E-state index >= 15 is 0 Å². The summed E-state index contributed by atoms with van der Waals surface area (Å²) in [6, 6.07) is 9.73. The Bertz CT molecular complexity index is 534. The molecule has 0 bridgehead atoms. The van der Waals surface area contributed by atoms with Crippen molar-refractivity contribution in [1.29, 1.82) is 0 Å². The highest BCUT2D eigenvalue weighted by atomic mass is 16.1. The molecule has 2 aromatic rings. The van der Waals surface area contributed by atoms with E-state index in [-0.39, 0.29) is 5.56 Å². The third-order valence-electron chi connectivity index (χ3n) is 2.35. The van der Waals surface area contributed by atoms with E-state index in [0.717, 1.165) is 11.3 Å². The van der Waals surface area contributed by atoms with Gasteiger partial charge in [0.15, 0.2) is 0 Å². The largest absolute Gasteiger partial charge is 0.295 e. The highest BCUT2D eigenvalue weighted by Crippen LogP contribution is 2.19. The molecule has 3 nitrogen and oxygen atoms in total. The molecule has 0 radical (unpaired) electrons. The van der Waals surface area contributed by atoms with Gasteiger partial charge < -0.3 is 0 Å². The lowest BCUT2D eigenvalue weighted by Gasteiger charge is -1.97. The average molecular weight is 200 g/mol. The monoisotopic (exact) mass is 200 g/mol. The predicted octanol–water partition coefficient (Wildman–Crippen LogP) is 2.02. The van der Waals surface area contributed by atoms with Crippen molar-refractivity contribution in [3.05, 3.63) is 52.8 Å². The van der Waals surface area contributed by atoms with Gasteiger partial charge >= 0.3 is 0 Å². The third-order valence-corrected chi connectivity index (χ3v) is 2.35. The molecule has 0 amide bonds. The number of nitrogens with zero attached hydrogens (tertiary/aromatic N) is 1. The molecule has 0 saturated heterocycles. The van der Waals surface area contributed by atoms with Gasteiger partial charge in [-0.15, -0.1) is 0 Å². The SMILES string of the molecule is C=Cc1c(-c2ccccc2)[nH]n(C)c1=O. The fraction of sp³-hybridized carbons (Fsp3) is 0.0833. The van der Waals surface area contributed by atoms with Gasteiger partial charge in [-0.1, -0.05) is 43.0 Å². The highest BCUT2D eigenvalue weighted by Gasteiger charge is 2.10. The van der Waals surface area contributed by atoms with Crippen LogP contribution in [0, 0.1) is 0 Å². The normalized spacial score (nSPS) is 10.2. The molecule has 0 aliphatic rings. The summed E-state index contributed by atoms with van der Waals surface area (Å²) in [7, 11) is 1.70. The number of aromatic amines is 1. The van der Waals surface area contributed by atoms with Gasteiger partial charge in [-0.2, -0.15) is 0 Å². The predicted molar refractivity (Wildman–Crippen MR) is 61.6 cm³/mol. The molecule has 1 aromatic carbocycles. The second kappa shape index (κ2) is 3.61. The van der Waals surface area contributed by atoms with Crippen molar-refractivity contribution < 1.29 is 0 Å².